The molecule has 168 valence electrons. The zero-order valence-electron chi connectivity index (χ0n) is 20.4. The lowest BCUT2D eigenvalue weighted by atomic mass is 9.99. The SMILES string of the molecule is [2H]C([2H])([2H])n1c(CN2Cc3ccc(F)cc3C2)ccc(OCC2CCN(S(C)(=O)=O)CC2)c1=O. The Kier molecular flexibility index (Phi) is 5.16. The van der Waals surface area contributed by atoms with Crippen molar-refractivity contribution in [3.63, 3.8) is 0 Å². The lowest BCUT2D eigenvalue weighted by Crippen LogP contribution is -2.39. The highest BCUT2D eigenvalue weighted by molar-refractivity contribution is 7.88. The molecule has 4 rings (SSSR count). The molecule has 0 N–H and O–H groups in total. The van der Waals surface area contributed by atoms with Gasteiger partial charge in [-0.2, -0.15) is 0 Å². The van der Waals surface area contributed by atoms with Gasteiger partial charge in [0.1, 0.15) is 5.82 Å². The number of pyridine rings is 1. The zero-order valence-corrected chi connectivity index (χ0v) is 18.2. The molecule has 9 heteroatoms. The molecule has 1 aromatic heterocycles. The number of nitrogens with zero attached hydrogens (tertiary/aromatic N) is 3. The molecular weight excluding hydrogens is 421 g/mol. The van der Waals surface area contributed by atoms with Crippen molar-refractivity contribution in [3.8, 4) is 5.75 Å². The van der Waals surface area contributed by atoms with E-state index in [0.717, 1.165) is 15.7 Å². The normalized spacial score (nSPS) is 20.1. The van der Waals surface area contributed by atoms with Crippen LogP contribution >= 0.6 is 0 Å². The number of ether oxygens (including phenoxy) is 1. The van der Waals surface area contributed by atoms with Gasteiger partial charge in [-0.15, -0.1) is 0 Å². The van der Waals surface area contributed by atoms with Crippen molar-refractivity contribution in [2.45, 2.75) is 32.5 Å². The van der Waals surface area contributed by atoms with Crippen LogP contribution in [-0.4, -0.2) is 48.1 Å². The van der Waals surface area contributed by atoms with E-state index in [-0.39, 0.29) is 30.6 Å². The largest absolute Gasteiger partial charge is 0.488 e. The van der Waals surface area contributed by atoms with E-state index in [1.165, 1.54) is 28.8 Å². The number of aromatic nitrogens is 1. The molecule has 2 aliphatic rings. The quantitative estimate of drug-likeness (QED) is 0.671. The molecule has 0 unspecified atom stereocenters. The predicted octanol–water partition coefficient (Wildman–Crippen LogP) is 2.09. The Bertz CT molecular complexity index is 1220. The van der Waals surface area contributed by atoms with Gasteiger partial charge < -0.3 is 9.30 Å². The molecule has 1 aromatic carbocycles. The fourth-order valence-electron chi connectivity index (χ4n) is 4.18. The smallest absolute Gasteiger partial charge is 0.292 e. The number of piperidine rings is 1. The lowest BCUT2D eigenvalue weighted by molar-refractivity contribution is 0.183. The maximum Gasteiger partial charge on any atom is 0.292 e. The fraction of sp³-hybridized carbons (Fsp3) is 0.500. The first-order valence-electron chi connectivity index (χ1n) is 11.7. The number of hydrogen-bond donors (Lipinski definition) is 0. The molecule has 0 aliphatic carbocycles. The summed E-state index contributed by atoms with van der Waals surface area (Å²) in [4.78, 5) is 15.0. The van der Waals surface area contributed by atoms with Crippen LogP contribution in [0.15, 0.2) is 35.1 Å². The van der Waals surface area contributed by atoms with Crippen LogP contribution in [0.2, 0.25) is 0 Å². The Hall–Kier alpha value is -2.23. The number of rotatable bonds is 6. The first-order valence-corrected chi connectivity index (χ1v) is 12.1. The molecule has 1 saturated heterocycles. The van der Waals surface area contributed by atoms with Crippen LogP contribution < -0.4 is 10.3 Å². The molecule has 7 nitrogen and oxygen atoms in total. The molecule has 0 bridgehead atoms. The third-order valence-electron chi connectivity index (χ3n) is 5.99. The molecule has 0 radical (unpaired) electrons. The Balaban J connectivity index is 1.46. The van der Waals surface area contributed by atoms with Crippen molar-refractivity contribution in [2.24, 2.45) is 12.9 Å². The Labute approximate surface area is 186 Å². The highest BCUT2D eigenvalue weighted by Gasteiger charge is 2.26. The summed E-state index contributed by atoms with van der Waals surface area (Å²) in [5.41, 5.74) is 1.43. The summed E-state index contributed by atoms with van der Waals surface area (Å²) < 4.78 is 68.5. The summed E-state index contributed by atoms with van der Waals surface area (Å²) in [6.45, 7) is -0.470. The Morgan fingerprint density at radius 3 is 2.61 bits per heavy atom. The van der Waals surface area contributed by atoms with Gasteiger partial charge in [0.25, 0.3) is 5.56 Å². The number of halogens is 1. The predicted molar refractivity (Wildman–Crippen MR) is 116 cm³/mol. The van der Waals surface area contributed by atoms with Gasteiger partial charge in [0, 0.05) is 49.5 Å². The minimum Gasteiger partial charge on any atom is -0.488 e. The first kappa shape index (κ1) is 18.4. The molecule has 0 amide bonds. The fourth-order valence-corrected chi connectivity index (χ4v) is 5.06. The highest BCUT2D eigenvalue weighted by Crippen LogP contribution is 2.25. The van der Waals surface area contributed by atoms with Gasteiger partial charge in [0.15, 0.2) is 5.75 Å². The van der Waals surface area contributed by atoms with E-state index in [1.54, 1.807) is 12.1 Å². The molecule has 0 saturated carbocycles. The first-order chi connectivity index (χ1) is 15.9. The van der Waals surface area contributed by atoms with Gasteiger partial charge in [-0.1, -0.05) is 6.07 Å². The summed E-state index contributed by atoms with van der Waals surface area (Å²) in [5.74, 6) is -0.289. The summed E-state index contributed by atoms with van der Waals surface area (Å²) in [6, 6.07) is 7.67. The van der Waals surface area contributed by atoms with Crippen molar-refractivity contribution in [1.29, 1.82) is 0 Å². The van der Waals surface area contributed by atoms with E-state index in [0.29, 0.717) is 44.7 Å². The maximum absolute atomic E-state index is 13.5. The standard InChI is InChI=1S/C22H28FN3O4S/c1-24-20(14-25-12-17-3-4-19(23)11-18(17)13-25)5-6-21(22(24)27)30-15-16-7-9-26(10-8-16)31(2,28)29/h3-6,11,16H,7-10,12-15H2,1-2H3/i1D3. The maximum atomic E-state index is 13.5. The number of hydrogen-bond acceptors (Lipinski definition) is 5. The monoisotopic (exact) mass is 452 g/mol. The second-order valence-corrected chi connectivity index (χ2v) is 10.3. The van der Waals surface area contributed by atoms with E-state index >= 15 is 0 Å². The summed E-state index contributed by atoms with van der Waals surface area (Å²) in [6.07, 6.45) is 2.39. The van der Waals surface area contributed by atoms with Crippen LogP contribution in [0.1, 0.15) is 33.8 Å². The molecule has 1 fully saturated rings. The van der Waals surface area contributed by atoms with Crippen molar-refractivity contribution in [3.05, 3.63) is 63.3 Å². The number of benzene rings is 1. The van der Waals surface area contributed by atoms with Crippen LogP contribution in [0, 0.1) is 11.7 Å². The van der Waals surface area contributed by atoms with Crippen LogP contribution in [-0.2, 0) is 36.6 Å². The zero-order chi connectivity index (χ0) is 24.7. The van der Waals surface area contributed by atoms with Gasteiger partial charge in [-0.25, -0.2) is 17.1 Å². The average molecular weight is 453 g/mol. The number of sulfonamides is 1. The van der Waals surface area contributed by atoms with Crippen LogP contribution in [0.3, 0.4) is 0 Å². The molecule has 2 aromatic rings. The Morgan fingerprint density at radius 1 is 1.16 bits per heavy atom. The van der Waals surface area contributed by atoms with E-state index < -0.39 is 22.6 Å². The third-order valence-corrected chi connectivity index (χ3v) is 7.29. The van der Waals surface area contributed by atoms with Gasteiger partial charge in [-0.05, 0) is 54.2 Å². The highest BCUT2D eigenvalue weighted by atomic mass is 32.2. The second kappa shape index (κ2) is 8.72. The molecular formula is C22H28FN3O4S. The minimum absolute atomic E-state index is 0.0443. The molecule has 3 heterocycles. The lowest BCUT2D eigenvalue weighted by Gasteiger charge is -2.30. The van der Waals surface area contributed by atoms with Gasteiger partial charge in [-0.3, -0.25) is 9.69 Å². The van der Waals surface area contributed by atoms with Gasteiger partial charge in [0.2, 0.25) is 10.0 Å². The Morgan fingerprint density at radius 2 is 1.90 bits per heavy atom. The van der Waals surface area contributed by atoms with E-state index in [2.05, 4.69) is 0 Å². The molecule has 0 spiro atoms. The van der Waals surface area contributed by atoms with E-state index in [1.807, 2.05) is 4.90 Å². The molecule has 2 aliphatic heterocycles. The van der Waals surface area contributed by atoms with Crippen molar-refractivity contribution >= 4 is 10.0 Å². The van der Waals surface area contributed by atoms with Crippen LogP contribution in [0.4, 0.5) is 4.39 Å². The van der Waals surface area contributed by atoms with Gasteiger partial charge >= 0.3 is 0 Å². The van der Waals surface area contributed by atoms with Crippen molar-refractivity contribution < 1.29 is 21.7 Å². The van der Waals surface area contributed by atoms with Crippen LogP contribution in [0.25, 0.3) is 0 Å². The second-order valence-electron chi connectivity index (χ2n) is 8.30. The van der Waals surface area contributed by atoms with E-state index in [4.69, 9.17) is 8.85 Å². The van der Waals surface area contributed by atoms with E-state index in [9.17, 15) is 17.6 Å². The minimum atomic E-state index is -3.23. The molecule has 31 heavy (non-hydrogen) atoms. The van der Waals surface area contributed by atoms with Gasteiger partial charge in [0.05, 0.1) is 12.9 Å². The average Bonchev–Trinajstić information content (AvgIpc) is 3.13. The van der Waals surface area contributed by atoms with Crippen molar-refractivity contribution in [1.82, 2.24) is 13.8 Å². The van der Waals surface area contributed by atoms with Crippen LogP contribution in [0.5, 0.6) is 5.75 Å². The molecule has 0 atom stereocenters. The topological polar surface area (TPSA) is 71.8 Å². The summed E-state index contributed by atoms with van der Waals surface area (Å²) in [5, 5.41) is 0. The number of fused-ring (bicyclic) bond motifs is 1. The van der Waals surface area contributed by atoms with Crippen molar-refractivity contribution in [2.75, 3.05) is 26.0 Å². The third kappa shape index (κ3) is 4.99. The summed E-state index contributed by atoms with van der Waals surface area (Å²) >= 11 is 0. The summed E-state index contributed by atoms with van der Waals surface area (Å²) in [7, 11) is -3.23.